The first-order valence-electron chi connectivity index (χ1n) is 6.14. The van der Waals surface area contributed by atoms with Gasteiger partial charge < -0.3 is 14.6 Å². The van der Waals surface area contributed by atoms with E-state index in [-0.39, 0.29) is 0 Å². The first-order chi connectivity index (χ1) is 7.27. The van der Waals surface area contributed by atoms with E-state index in [4.69, 9.17) is 0 Å². The van der Waals surface area contributed by atoms with Crippen LogP contribution in [0, 0.1) is 0 Å². The van der Waals surface area contributed by atoms with E-state index in [1.54, 1.807) is 0 Å². The molecule has 1 rings (SSSR count). The highest BCUT2D eigenvalue weighted by Crippen LogP contribution is 2.11. The minimum absolute atomic E-state index is 0.582. The topological polar surface area (TPSA) is 23.6 Å². The monoisotopic (exact) mass is 214 g/mol. The summed E-state index contributed by atoms with van der Waals surface area (Å²) in [5, 5.41) is 0. The van der Waals surface area contributed by atoms with Gasteiger partial charge in [-0.15, -0.1) is 0 Å². The lowest BCUT2D eigenvalue weighted by Crippen LogP contribution is -2.51. The molecule has 1 aliphatic rings. The molecule has 3 heteroatoms. The Kier molecular flexibility index (Phi) is 8.62. The van der Waals surface area contributed by atoms with Gasteiger partial charge in [-0.25, -0.2) is 0 Å². The summed E-state index contributed by atoms with van der Waals surface area (Å²) in [5.74, 6) is 0. The smallest absolute Gasteiger partial charge is 0.120 e. The van der Waals surface area contributed by atoms with Crippen molar-refractivity contribution >= 4 is 6.29 Å². The molecule has 0 radical (unpaired) electrons. The highest BCUT2D eigenvalue weighted by Gasteiger charge is 2.22. The number of carbonyl (C=O) groups excluding carboxylic acids is 1. The fourth-order valence-electron chi connectivity index (χ4n) is 1.87. The van der Waals surface area contributed by atoms with Crippen molar-refractivity contribution in [3.8, 4) is 0 Å². The lowest BCUT2D eigenvalue weighted by Gasteiger charge is -2.38. The van der Waals surface area contributed by atoms with Gasteiger partial charge in [0.05, 0.1) is 0 Å². The van der Waals surface area contributed by atoms with Crippen molar-refractivity contribution in [2.24, 2.45) is 0 Å². The van der Waals surface area contributed by atoms with Gasteiger partial charge in [0, 0.05) is 32.1 Å². The van der Waals surface area contributed by atoms with Crippen molar-refractivity contribution in [3.63, 3.8) is 0 Å². The van der Waals surface area contributed by atoms with Crippen molar-refractivity contribution in [3.05, 3.63) is 0 Å². The van der Waals surface area contributed by atoms with Gasteiger partial charge in [0.15, 0.2) is 0 Å². The molecule has 0 N–H and O–H groups in total. The molecule has 0 amide bonds. The SMILES string of the molecule is CC.CCN1CCN(C)C(CCC=O)C1. The van der Waals surface area contributed by atoms with E-state index in [0.29, 0.717) is 12.5 Å². The van der Waals surface area contributed by atoms with Gasteiger partial charge in [-0.05, 0) is 20.0 Å². The zero-order valence-electron chi connectivity index (χ0n) is 10.7. The minimum Gasteiger partial charge on any atom is -0.303 e. The van der Waals surface area contributed by atoms with Crippen LogP contribution in [0.4, 0.5) is 0 Å². The first-order valence-corrected chi connectivity index (χ1v) is 6.14. The summed E-state index contributed by atoms with van der Waals surface area (Å²) in [6, 6.07) is 0.582. The molecule has 0 aromatic heterocycles. The summed E-state index contributed by atoms with van der Waals surface area (Å²) in [5.41, 5.74) is 0. The van der Waals surface area contributed by atoms with Crippen molar-refractivity contribution < 1.29 is 4.79 Å². The first kappa shape index (κ1) is 14.6. The average molecular weight is 214 g/mol. The van der Waals surface area contributed by atoms with E-state index in [2.05, 4.69) is 23.8 Å². The van der Waals surface area contributed by atoms with Crippen LogP contribution in [0.15, 0.2) is 0 Å². The molecule has 0 bridgehead atoms. The van der Waals surface area contributed by atoms with Crippen LogP contribution in [0.3, 0.4) is 0 Å². The Balaban J connectivity index is 0.000000921. The normalized spacial score (nSPS) is 23.1. The highest BCUT2D eigenvalue weighted by molar-refractivity contribution is 5.49. The molecule has 0 aromatic carbocycles. The standard InChI is InChI=1S/C10H20N2O.C2H6/c1-3-12-7-6-11(2)10(9-12)5-4-8-13;1-2/h8,10H,3-7,9H2,1-2H3;1-2H3. The number of likely N-dealkylation sites (N-methyl/N-ethyl adjacent to an activating group) is 2. The Morgan fingerprint density at radius 1 is 1.33 bits per heavy atom. The van der Waals surface area contributed by atoms with Crippen LogP contribution in [0.25, 0.3) is 0 Å². The van der Waals surface area contributed by atoms with Gasteiger partial charge in [-0.2, -0.15) is 0 Å². The highest BCUT2D eigenvalue weighted by atomic mass is 16.1. The third-order valence-electron chi connectivity index (χ3n) is 2.93. The van der Waals surface area contributed by atoms with Crippen molar-refractivity contribution in [2.45, 2.75) is 39.7 Å². The average Bonchev–Trinajstić information content (AvgIpc) is 2.31. The lowest BCUT2D eigenvalue weighted by atomic mass is 10.1. The van der Waals surface area contributed by atoms with Crippen molar-refractivity contribution in [1.29, 1.82) is 0 Å². The number of piperazine rings is 1. The molecular weight excluding hydrogens is 188 g/mol. The fraction of sp³-hybridized carbons (Fsp3) is 0.917. The van der Waals surface area contributed by atoms with Gasteiger partial charge in [0.2, 0.25) is 0 Å². The molecule has 0 spiro atoms. The molecule has 1 atom stereocenters. The summed E-state index contributed by atoms with van der Waals surface area (Å²) in [6.45, 7) is 10.8. The van der Waals surface area contributed by atoms with Crippen LogP contribution in [-0.2, 0) is 4.79 Å². The van der Waals surface area contributed by atoms with Crippen LogP contribution < -0.4 is 0 Å². The van der Waals surface area contributed by atoms with E-state index in [1.807, 2.05) is 13.8 Å². The van der Waals surface area contributed by atoms with E-state index in [1.165, 1.54) is 6.54 Å². The molecule has 1 saturated heterocycles. The lowest BCUT2D eigenvalue weighted by molar-refractivity contribution is -0.108. The maximum Gasteiger partial charge on any atom is 0.120 e. The summed E-state index contributed by atoms with van der Waals surface area (Å²) in [6.07, 6.45) is 2.74. The zero-order chi connectivity index (χ0) is 11.7. The fourth-order valence-corrected chi connectivity index (χ4v) is 1.87. The molecule has 1 aliphatic heterocycles. The van der Waals surface area contributed by atoms with Gasteiger partial charge in [0.25, 0.3) is 0 Å². The summed E-state index contributed by atoms with van der Waals surface area (Å²) in [4.78, 5) is 15.1. The van der Waals surface area contributed by atoms with E-state index < -0.39 is 0 Å². The predicted molar refractivity (Wildman–Crippen MR) is 65.2 cm³/mol. The van der Waals surface area contributed by atoms with E-state index >= 15 is 0 Å². The number of hydrogen-bond donors (Lipinski definition) is 0. The van der Waals surface area contributed by atoms with Gasteiger partial charge >= 0.3 is 0 Å². The quantitative estimate of drug-likeness (QED) is 0.665. The van der Waals surface area contributed by atoms with Crippen molar-refractivity contribution in [1.82, 2.24) is 9.80 Å². The van der Waals surface area contributed by atoms with Crippen molar-refractivity contribution in [2.75, 3.05) is 33.2 Å². The number of rotatable bonds is 4. The van der Waals surface area contributed by atoms with Crippen LogP contribution >= 0.6 is 0 Å². The van der Waals surface area contributed by atoms with Crippen LogP contribution in [-0.4, -0.2) is 55.4 Å². The molecular formula is C12H26N2O. The predicted octanol–water partition coefficient (Wildman–Crippen LogP) is 1.63. The van der Waals surface area contributed by atoms with Gasteiger partial charge in [-0.1, -0.05) is 20.8 Å². The van der Waals surface area contributed by atoms with Crippen LogP contribution in [0.2, 0.25) is 0 Å². The molecule has 3 nitrogen and oxygen atoms in total. The molecule has 90 valence electrons. The molecule has 0 saturated carbocycles. The molecule has 1 heterocycles. The second-order valence-electron chi connectivity index (χ2n) is 3.77. The number of carbonyl (C=O) groups is 1. The second-order valence-corrected chi connectivity index (χ2v) is 3.77. The summed E-state index contributed by atoms with van der Waals surface area (Å²) in [7, 11) is 2.16. The third kappa shape index (κ3) is 5.28. The van der Waals surface area contributed by atoms with Gasteiger partial charge in [0.1, 0.15) is 6.29 Å². The maximum absolute atomic E-state index is 10.3. The number of nitrogens with zero attached hydrogens (tertiary/aromatic N) is 2. The minimum atomic E-state index is 0.582. The Morgan fingerprint density at radius 2 is 2.00 bits per heavy atom. The molecule has 1 fully saturated rings. The summed E-state index contributed by atoms with van der Waals surface area (Å²) < 4.78 is 0. The van der Waals surface area contributed by atoms with E-state index in [9.17, 15) is 4.79 Å². The maximum atomic E-state index is 10.3. The Hall–Kier alpha value is -0.410. The Morgan fingerprint density at radius 3 is 2.53 bits per heavy atom. The second kappa shape index (κ2) is 8.86. The molecule has 0 aromatic rings. The Labute approximate surface area is 94.4 Å². The van der Waals surface area contributed by atoms with E-state index in [0.717, 1.165) is 32.3 Å². The summed E-state index contributed by atoms with van der Waals surface area (Å²) >= 11 is 0. The Bertz CT molecular complexity index is 162. The third-order valence-corrected chi connectivity index (χ3v) is 2.93. The molecule has 1 unspecified atom stereocenters. The van der Waals surface area contributed by atoms with Crippen LogP contribution in [0.1, 0.15) is 33.6 Å². The number of aldehydes is 1. The van der Waals surface area contributed by atoms with Crippen LogP contribution in [0.5, 0.6) is 0 Å². The molecule has 15 heavy (non-hydrogen) atoms. The number of hydrogen-bond acceptors (Lipinski definition) is 3. The zero-order valence-corrected chi connectivity index (χ0v) is 10.7. The van der Waals surface area contributed by atoms with Gasteiger partial charge in [-0.3, -0.25) is 0 Å². The largest absolute Gasteiger partial charge is 0.303 e. The molecule has 0 aliphatic carbocycles.